The third kappa shape index (κ3) is 24.2. The minimum absolute atomic E-state index is 0. The van der Waals surface area contributed by atoms with Gasteiger partial charge >= 0.3 is 23.7 Å². The first-order chi connectivity index (χ1) is 65.1. The van der Waals surface area contributed by atoms with E-state index in [4.69, 9.17) is 81.1 Å². The van der Waals surface area contributed by atoms with Crippen LogP contribution in [0.4, 0.5) is 75.9 Å². The topological polar surface area (TPSA) is 52.0 Å². The van der Waals surface area contributed by atoms with Crippen molar-refractivity contribution in [3.8, 4) is 0 Å². The lowest BCUT2D eigenvalue weighted by atomic mass is 9.89. The van der Waals surface area contributed by atoms with Gasteiger partial charge in [-0.1, -0.05) is 350 Å². The second-order valence-corrected chi connectivity index (χ2v) is 37.9. The quantitative estimate of drug-likeness (QED) is 0.127. The molecule has 14 aromatic rings. The summed E-state index contributed by atoms with van der Waals surface area (Å²) < 4.78 is 226. The first-order valence-electron chi connectivity index (χ1n) is 45.0. The monoisotopic (exact) mass is 2010 g/mol. The zero-order chi connectivity index (χ0) is 97.6. The van der Waals surface area contributed by atoms with Crippen LogP contribution in [-0.2, 0) is 182 Å². The Labute approximate surface area is 823 Å². The van der Waals surface area contributed by atoms with Gasteiger partial charge in [0.05, 0.1) is 20.1 Å². The third-order valence-corrected chi connectivity index (χ3v) is 28.7. The predicted octanol–water partition coefficient (Wildman–Crippen LogP) is 33.0. The maximum atomic E-state index is 14.3. The number of aryl methyl sites for hydroxylation is 16. The summed E-state index contributed by atoms with van der Waals surface area (Å²) in [6, 6.07) is 76.8. The summed E-state index contributed by atoms with van der Waals surface area (Å²) in [5.74, 6) is -31.0. The van der Waals surface area contributed by atoms with Gasteiger partial charge in [-0.25, -0.2) is 35.1 Å². The van der Waals surface area contributed by atoms with Gasteiger partial charge in [0.25, 0.3) is 23.7 Å². The standard InChI is InChI=1S/C17H19N.C16H12Cl4.C16H14Cl2.C16H8F8.C16H13F4N.C16H12F4.C16H16.CH4/c18-12-17-11-15-6-5-13-1-3-14(4-2-13)7-9-16(17)10-8-15;17-13-9-1-2-10(14(13)18)7-8-12-4-3-11(6-5-9)15(19)16(12)20;17-15-9-11-1-2-12-4-6-14(16(18)10-12)8-7-13(15)5-3-11;17-13(18)9-1-2-10(4-3-9)14(19,20)16(23,24)12-7-5-11(6-8-12)15(13,21)22;17-15(18)9-11-3-6-13(14(21)7-11)16(19,20)8-10-1-4-12(15)5-2-10;17-15(18)9-11-1-5-13(6-2-11)16(19,20)10-12-3-7-14(15)8-4-12;1-2-14-4-3-13(1)9-10-15-5-7-16(8-6-15)12-11-14;/h1-4,8,10-11H,5-7,9,12,18H2;1-4H,5-8H2;3-6,9-10H,1-2,7-8H2;1-8H;1-7H,8-9,21H2;1-8H,9-10H2;1-8H,9-12H2;1H4. The summed E-state index contributed by atoms with van der Waals surface area (Å²) >= 11 is 38.1. The van der Waals surface area contributed by atoms with Gasteiger partial charge in [0.2, 0.25) is 0 Å². The summed E-state index contributed by atoms with van der Waals surface area (Å²) in [5.41, 5.74) is 28.8. The van der Waals surface area contributed by atoms with E-state index in [1.54, 1.807) is 0 Å². The van der Waals surface area contributed by atoms with Gasteiger partial charge in [-0.15, -0.1) is 0 Å². The molecule has 42 rings (SSSR count). The molecular weight excluding hydrogens is 1910 g/mol. The molecule has 0 amide bonds. The highest BCUT2D eigenvalue weighted by Crippen LogP contribution is 2.55. The van der Waals surface area contributed by atoms with Gasteiger partial charge in [-0.3, -0.25) is 0 Å². The molecule has 14 aromatic carbocycles. The molecule has 24 heteroatoms. The second-order valence-electron chi connectivity index (χ2n) is 35.6. The van der Waals surface area contributed by atoms with E-state index in [-0.39, 0.29) is 40.9 Å². The summed E-state index contributed by atoms with van der Waals surface area (Å²) in [4.78, 5) is 0. The van der Waals surface area contributed by atoms with Gasteiger partial charge in [0, 0.05) is 92.5 Å². The number of anilines is 1. The molecule has 2 nitrogen and oxygen atoms in total. The van der Waals surface area contributed by atoms with E-state index in [9.17, 15) is 70.2 Å². The lowest BCUT2D eigenvalue weighted by Gasteiger charge is -2.31. The van der Waals surface area contributed by atoms with Crippen molar-refractivity contribution in [2.75, 3.05) is 5.73 Å². The number of nitrogen functional groups attached to an aromatic ring is 1. The van der Waals surface area contributed by atoms with Crippen molar-refractivity contribution in [3.05, 3.63) is 483 Å². The molecule has 0 radical (unpaired) electrons. The van der Waals surface area contributed by atoms with E-state index in [2.05, 4.69) is 152 Å². The van der Waals surface area contributed by atoms with Crippen molar-refractivity contribution >= 4 is 75.3 Å². The normalized spacial score (nSPS) is 17.1. The number of halogens is 22. The van der Waals surface area contributed by atoms with E-state index >= 15 is 0 Å². The molecule has 0 fully saturated rings. The molecule has 28 aliphatic carbocycles. The van der Waals surface area contributed by atoms with Gasteiger partial charge in [0.1, 0.15) is 0 Å². The van der Waals surface area contributed by atoms with Crippen molar-refractivity contribution in [3.63, 3.8) is 0 Å². The number of hydrogen-bond donors (Lipinski definition) is 2. The highest BCUT2D eigenvalue weighted by molar-refractivity contribution is 6.43. The summed E-state index contributed by atoms with van der Waals surface area (Å²) in [7, 11) is 0. The molecule has 0 unspecified atom stereocenters. The van der Waals surface area contributed by atoms with Crippen LogP contribution in [0.15, 0.2) is 291 Å². The van der Waals surface area contributed by atoms with Crippen LogP contribution in [-0.4, -0.2) is 0 Å². The van der Waals surface area contributed by atoms with E-state index in [1.165, 1.54) is 157 Å². The summed E-state index contributed by atoms with van der Waals surface area (Å²) in [6.45, 7) is 0.654. The van der Waals surface area contributed by atoms with Crippen molar-refractivity contribution in [2.24, 2.45) is 5.73 Å². The van der Waals surface area contributed by atoms with Crippen LogP contribution in [0, 0.1) is 0 Å². The average Bonchev–Trinajstić information content (AvgIpc) is 0.734. The number of rotatable bonds is 1. The first kappa shape index (κ1) is 103. The Kier molecular flexibility index (Phi) is 32.4. The minimum Gasteiger partial charge on any atom is -0.398 e. The average molecular weight is 2010 g/mol. The Morgan fingerprint density at radius 3 is 0.681 bits per heavy atom. The smallest absolute Gasteiger partial charge is 0.339 e. The largest absolute Gasteiger partial charge is 0.398 e. The van der Waals surface area contributed by atoms with Gasteiger partial charge in [0.15, 0.2) is 0 Å². The molecule has 0 atom stereocenters. The zero-order valence-corrected chi connectivity index (χ0v) is 78.6. The van der Waals surface area contributed by atoms with Crippen LogP contribution in [0.1, 0.15) is 169 Å². The maximum absolute atomic E-state index is 14.3. The molecular formula is C114H98Cl6F16N2. The second kappa shape index (κ2) is 43.3. The highest BCUT2D eigenvalue weighted by Gasteiger charge is 2.62. The van der Waals surface area contributed by atoms with Gasteiger partial charge < -0.3 is 11.5 Å². The molecule has 0 aliphatic heterocycles. The Balaban J connectivity index is 0.000000129. The maximum Gasteiger partial charge on any atom is 0.339 e. The lowest BCUT2D eigenvalue weighted by molar-refractivity contribution is -0.227. The molecule has 0 aromatic heterocycles. The molecule has 4 N–H and O–H groups in total. The Hall–Kier alpha value is -10.5. The fraction of sp³-hybridized carbons (Fsp3) is 0.263. The van der Waals surface area contributed by atoms with Crippen LogP contribution in [0.5, 0.6) is 0 Å². The van der Waals surface area contributed by atoms with E-state index in [0.29, 0.717) is 91.9 Å². The van der Waals surface area contributed by atoms with Gasteiger partial charge in [-0.05, 0) is 238 Å². The number of nitrogens with two attached hydrogens (primary N) is 2. The van der Waals surface area contributed by atoms with Crippen LogP contribution < -0.4 is 11.5 Å². The van der Waals surface area contributed by atoms with E-state index in [1.807, 2.05) is 0 Å². The van der Waals surface area contributed by atoms with Crippen molar-refractivity contribution in [2.45, 2.75) is 190 Å². The first-order valence-corrected chi connectivity index (χ1v) is 47.3. The van der Waals surface area contributed by atoms with Gasteiger partial charge in [-0.2, -0.15) is 35.1 Å². The number of hydrogen-bond acceptors (Lipinski definition) is 2. The van der Waals surface area contributed by atoms with E-state index < -0.39 is 95.3 Å². The molecule has 28 aliphatic rings. The van der Waals surface area contributed by atoms with E-state index in [0.717, 1.165) is 141 Å². The summed E-state index contributed by atoms with van der Waals surface area (Å²) in [6.07, 6.45) is 14.0. The number of alkyl halides is 16. The molecule has 0 spiro atoms. The van der Waals surface area contributed by atoms with Crippen LogP contribution >= 0.6 is 69.6 Å². The number of benzene rings is 14. The van der Waals surface area contributed by atoms with Crippen molar-refractivity contribution < 1.29 is 70.2 Å². The molecule has 718 valence electrons. The zero-order valence-electron chi connectivity index (χ0n) is 74.0. The van der Waals surface area contributed by atoms with Crippen LogP contribution in [0.25, 0.3) is 0 Å². The Morgan fingerprint density at radius 2 is 0.406 bits per heavy atom. The highest BCUT2D eigenvalue weighted by atomic mass is 35.5. The lowest BCUT2D eigenvalue weighted by Crippen LogP contribution is -2.38. The Morgan fingerprint density at radius 1 is 0.203 bits per heavy atom. The molecule has 138 heavy (non-hydrogen) atoms. The van der Waals surface area contributed by atoms with Crippen LogP contribution in [0.2, 0.25) is 30.1 Å². The predicted molar refractivity (Wildman–Crippen MR) is 525 cm³/mol. The summed E-state index contributed by atoms with van der Waals surface area (Å²) in [5, 5.41) is 4.45. The van der Waals surface area contributed by atoms with Crippen molar-refractivity contribution in [1.29, 1.82) is 0 Å². The van der Waals surface area contributed by atoms with Crippen molar-refractivity contribution in [1.82, 2.24) is 0 Å². The fourth-order valence-corrected chi connectivity index (χ4v) is 19.4. The van der Waals surface area contributed by atoms with Crippen LogP contribution in [0.3, 0.4) is 0 Å². The molecule has 0 saturated carbocycles. The SMILES string of the molecule is C.Clc1c2ccc(c1Cl)CCc1ccc(c(Cl)c1Cl)CC2.Clc1cc2ccc1CCc1ccc(cc1Cl)CC2.FC1(F)Cc2ccc(cc2)C(F)(F)Cc2ccc1cc2.FC1(F)c2ccc(cc2)C(F)(F)C(F)(F)c2ccc(cc2)C1(F)F.NCc1cc2ccc1CCc1ccc(cc1)CC2.Nc1cc2ccc1C(F)(F)Cc1ccc(cc1)C(F)(F)C2.c1cc2ccc1CCc1ccc(cc1)CC2. The fourth-order valence-electron chi connectivity index (χ4n) is 17.6. The Bertz CT molecular complexity index is 6120. The third-order valence-electron chi connectivity index (χ3n) is 26.1. The minimum atomic E-state index is -4.70. The molecule has 28 bridgehead atoms. The molecule has 0 heterocycles. The molecule has 0 saturated heterocycles.